The van der Waals surface area contributed by atoms with Gasteiger partial charge in [0.15, 0.2) is 5.84 Å². The van der Waals surface area contributed by atoms with E-state index >= 15 is 0 Å². The van der Waals surface area contributed by atoms with Crippen LogP contribution in [0.5, 0.6) is 0 Å². The van der Waals surface area contributed by atoms with Crippen LogP contribution in [-0.2, 0) is 12.1 Å². The summed E-state index contributed by atoms with van der Waals surface area (Å²) >= 11 is 0. The molecule has 0 amide bonds. The maximum Gasteiger partial charge on any atom is 0.225 e. The zero-order valence-corrected chi connectivity index (χ0v) is 21.2. The number of amidine groups is 1. The standard InChI is InChI=1S/C27H32N10/c1-3-37-18-21(15-34-37)20-13-24(30-14-20)25(33-19-28)35-9-11-36(12-10-35)26-31-16-23(17-32-26)27(2,29)22-7-5-4-6-8-22/h4-8,13-19,28,30H,3,9-12,29H2,1-2H3/t27-/m0/s1. The Morgan fingerprint density at radius 2 is 1.81 bits per heavy atom. The first kappa shape index (κ1) is 24.4. The third-order valence-corrected chi connectivity index (χ3v) is 6.87. The van der Waals surface area contributed by atoms with Gasteiger partial charge in [0, 0.05) is 74.2 Å². The van der Waals surface area contributed by atoms with Crippen LogP contribution < -0.4 is 10.6 Å². The van der Waals surface area contributed by atoms with Crippen molar-refractivity contribution in [1.82, 2.24) is 29.6 Å². The van der Waals surface area contributed by atoms with Gasteiger partial charge in [0.25, 0.3) is 0 Å². The molecule has 37 heavy (non-hydrogen) atoms. The van der Waals surface area contributed by atoms with E-state index < -0.39 is 5.54 Å². The van der Waals surface area contributed by atoms with Gasteiger partial charge in [-0.2, -0.15) is 5.10 Å². The second-order valence-corrected chi connectivity index (χ2v) is 9.28. The van der Waals surface area contributed by atoms with Gasteiger partial charge < -0.3 is 20.5 Å². The highest BCUT2D eigenvalue weighted by molar-refractivity contribution is 6.01. The van der Waals surface area contributed by atoms with E-state index in [0.29, 0.717) is 5.95 Å². The van der Waals surface area contributed by atoms with Crippen LogP contribution in [-0.4, -0.2) is 68.0 Å². The summed E-state index contributed by atoms with van der Waals surface area (Å²) in [7, 11) is 0. The number of rotatable bonds is 7. The Kier molecular flexibility index (Phi) is 6.82. The molecule has 10 nitrogen and oxygen atoms in total. The summed E-state index contributed by atoms with van der Waals surface area (Å²) in [6.07, 6.45) is 10.6. The highest BCUT2D eigenvalue weighted by Crippen LogP contribution is 2.26. The Bertz CT molecular complexity index is 1360. The molecule has 1 aliphatic rings. The molecular weight excluding hydrogens is 464 g/mol. The average Bonchev–Trinajstić information content (AvgIpc) is 3.62. The first-order chi connectivity index (χ1) is 18.0. The summed E-state index contributed by atoms with van der Waals surface area (Å²) in [5.41, 5.74) is 10.8. The van der Waals surface area contributed by atoms with Gasteiger partial charge in [-0.3, -0.25) is 10.1 Å². The van der Waals surface area contributed by atoms with Crippen LogP contribution in [0.25, 0.3) is 11.1 Å². The Morgan fingerprint density at radius 3 is 2.46 bits per heavy atom. The number of aryl methyl sites for hydroxylation is 1. The summed E-state index contributed by atoms with van der Waals surface area (Å²) in [6.45, 7) is 7.82. The van der Waals surface area contributed by atoms with Crippen LogP contribution in [0.3, 0.4) is 0 Å². The molecule has 0 bridgehead atoms. The maximum atomic E-state index is 7.60. The first-order valence-corrected chi connectivity index (χ1v) is 12.4. The van der Waals surface area contributed by atoms with E-state index in [1.165, 1.54) is 0 Å². The van der Waals surface area contributed by atoms with E-state index in [2.05, 4.69) is 47.8 Å². The fourth-order valence-corrected chi connectivity index (χ4v) is 4.58. The van der Waals surface area contributed by atoms with E-state index in [4.69, 9.17) is 11.1 Å². The molecule has 0 aliphatic carbocycles. The number of nitrogens with one attached hydrogen (secondary N) is 2. The third kappa shape index (κ3) is 5.01. The van der Waals surface area contributed by atoms with Crippen LogP contribution in [0, 0.1) is 5.41 Å². The minimum Gasteiger partial charge on any atom is -0.358 e. The number of aromatic amines is 1. The monoisotopic (exact) mass is 496 g/mol. The molecule has 4 heterocycles. The lowest BCUT2D eigenvalue weighted by atomic mass is 9.87. The molecule has 3 aromatic heterocycles. The average molecular weight is 497 g/mol. The quantitative estimate of drug-likeness (QED) is 0.266. The van der Waals surface area contributed by atoms with E-state index in [9.17, 15) is 0 Å². The van der Waals surface area contributed by atoms with Crippen molar-refractivity contribution in [3.8, 4) is 11.1 Å². The van der Waals surface area contributed by atoms with Crippen molar-refractivity contribution < 1.29 is 0 Å². The molecule has 0 spiro atoms. The van der Waals surface area contributed by atoms with Crippen molar-refractivity contribution in [1.29, 1.82) is 5.41 Å². The largest absolute Gasteiger partial charge is 0.358 e. The van der Waals surface area contributed by atoms with Crippen molar-refractivity contribution in [2.75, 3.05) is 31.1 Å². The molecule has 0 saturated carbocycles. The van der Waals surface area contributed by atoms with Crippen LogP contribution >= 0.6 is 0 Å². The number of aliphatic imine (C=N–C) groups is 1. The summed E-state index contributed by atoms with van der Waals surface area (Å²) in [5.74, 6) is 1.44. The Hall–Kier alpha value is -4.31. The molecule has 1 aliphatic heterocycles. The van der Waals surface area contributed by atoms with Crippen molar-refractivity contribution >= 4 is 18.1 Å². The minimum atomic E-state index is -0.666. The normalized spacial score (nSPS) is 16.0. The van der Waals surface area contributed by atoms with Gasteiger partial charge in [-0.1, -0.05) is 30.3 Å². The number of nitrogens with two attached hydrogens (primary N) is 1. The van der Waals surface area contributed by atoms with Gasteiger partial charge >= 0.3 is 0 Å². The Labute approximate surface area is 216 Å². The van der Waals surface area contributed by atoms with Gasteiger partial charge in [0.2, 0.25) is 5.95 Å². The predicted molar refractivity (Wildman–Crippen MR) is 146 cm³/mol. The van der Waals surface area contributed by atoms with Gasteiger partial charge in [-0.05, 0) is 25.5 Å². The molecule has 0 radical (unpaired) electrons. The van der Waals surface area contributed by atoms with E-state index in [0.717, 1.165) is 72.8 Å². The lowest BCUT2D eigenvalue weighted by Crippen LogP contribution is -2.49. The summed E-state index contributed by atoms with van der Waals surface area (Å²) < 4.78 is 1.90. The topological polar surface area (TPSA) is 128 Å². The second-order valence-electron chi connectivity index (χ2n) is 9.28. The predicted octanol–water partition coefficient (Wildman–Crippen LogP) is 3.09. The third-order valence-electron chi connectivity index (χ3n) is 6.87. The van der Waals surface area contributed by atoms with Gasteiger partial charge in [-0.25, -0.2) is 15.0 Å². The van der Waals surface area contributed by atoms with Crippen molar-refractivity contribution in [3.05, 3.63) is 84.2 Å². The summed E-state index contributed by atoms with van der Waals surface area (Å²) in [5, 5.41) is 12.0. The lowest BCUT2D eigenvalue weighted by molar-refractivity contribution is 0.383. The van der Waals surface area contributed by atoms with Crippen molar-refractivity contribution in [2.45, 2.75) is 25.9 Å². The molecule has 1 aromatic carbocycles. The number of hydrogen-bond acceptors (Lipinski definition) is 6. The number of anilines is 1. The van der Waals surface area contributed by atoms with Crippen LogP contribution in [0.15, 0.2) is 72.4 Å². The van der Waals surface area contributed by atoms with Crippen molar-refractivity contribution in [3.63, 3.8) is 0 Å². The van der Waals surface area contributed by atoms with Crippen molar-refractivity contribution in [2.24, 2.45) is 10.7 Å². The highest BCUT2D eigenvalue weighted by Gasteiger charge is 2.26. The van der Waals surface area contributed by atoms with Gasteiger partial charge in [0.1, 0.15) is 6.34 Å². The molecule has 0 unspecified atom stereocenters. The molecule has 1 fully saturated rings. The van der Waals surface area contributed by atoms with Gasteiger partial charge in [-0.15, -0.1) is 0 Å². The SMILES string of the molecule is CCn1cc(-c2c[nH]c(C(=NC=N)N3CCN(c4ncc([C@@](C)(N)c5ccccc5)cn4)CC3)c2)cn1. The smallest absolute Gasteiger partial charge is 0.225 e. The molecule has 10 heteroatoms. The molecule has 4 aromatic rings. The summed E-state index contributed by atoms with van der Waals surface area (Å²) in [6, 6.07) is 12.0. The highest BCUT2D eigenvalue weighted by atomic mass is 15.3. The number of nitrogens with zero attached hydrogens (tertiary/aromatic N) is 7. The fourth-order valence-electron chi connectivity index (χ4n) is 4.58. The Morgan fingerprint density at radius 1 is 1.08 bits per heavy atom. The number of H-pyrrole nitrogens is 1. The molecule has 1 saturated heterocycles. The second kappa shape index (κ2) is 10.4. The number of hydrogen-bond donors (Lipinski definition) is 3. The lowest BCUT2D eigenvalue weighted by Gasteiger charge is -2.36. The first-order valence-electron chi connectivity index (χ1n) is 12.4. The number of benzene rings is 1. The Balaban J connectivity index is 1.26. The van der Waals surface area contributed by atoms with Gasteiger partial charge in [0.05, 0.1) is 17.4 Å². The summed E-state index contributed by atoms with van der Waals surface area (Å²) in [4.78, 5) is 21.3. The molecule has 190 valence electrons. The van der Waals surface area contributed by atoms with Crippen LogP contribution in [0.1, 0.15) is 30.7 Å². The molecule has 5 rings (SSSR count). The van der Waals surface area contributed by atoms with Crippen LogP contribution in [0.4, 0.5) is 5.95 Å². The molecule has 1 atom stereocenters. The fraction of sp³-hybridized carbons (Fsp3) is 0.296. The zero-order valence-electron chi connectivity index (χ0n) is 21.2. The maximum absolute atomic E-state index is 7.60. The molecular formula is C27H32N10. The van der Waals surface area contributed by atoms with E-state index in [1.807, 2.05) is 72.9 Å². The zero-order chi connectivity index (χ0) is 25.8. The number of piperazine rings is 1. The van der Waals surface area contributed by atoms with E-state index in [1.54, 1.807) is 0 Å². The van der Waals surface area contributed by atoms with Crippen LogP contribution in [0.2, 0.25) is 0 Å². The minimum absolute atomic E-state index is 0.666. The van der Waals surface area contributed by atoms with E-state index in [-0.39, 0.29) is 0 Å². The molecule has 4 N–H and O–H groups in total. The number of aromatic nitrogens is 5.